The molecule has 1 saturated carbocycles. The SMILES string of the molecule is CCOC(=O)c1cccc2c1C1CCCCCC1CO2. The summed E-state index contributed by atoms with van der Waals surface area (Å²) in [6.45, 7) is 3.06. The minimum atomic E-state index is -0.210. The zero-order chi connectivity index (χ0) is 13.9. The molecule has 1 aliphatic heterocycles. The predicted octanol–water partition coefficient (Wildman–Crippen LogP) is 3.92. The molecule has 2 unspecified atom stereocenters. The topological polar surface area (TPSA) is 35.5 Å². The molecule has 0 radical (unpaired) electrons. The Bertz CT molecular complexity index is 495. The average Bonchev–Trinajstić information content (AvgIpc) is 2.72. The van der Waals surface area contributed by atoms with Crippen LogP contribution < -0.4 is 4.74 Å². The summed E-state index contributed by atoms with van der Waals surface area (Å²) < 4.78 is 11.1. The molecule has 20 heavy (non-hydrogen) atoms. The summed E-state index contributed by atoms with van der Waals surface area (Å²) in [7, 11) is 0. The molecule has 108 valence electrons. The second-order valence-electron chi connectivity index (χ2n) is 5.75. The van der Waals surface area contributed by atoms with E-state index in [2.05, 4.69) is 0 Å². The number of ether oxygens (including phenoxy) is 2. The van der Waals surface area contributed by atoms with Crippen LogP contribution in [0.2, 0.25) is 0 Å². The summed E-state index contributed by atoms with van der Waals surface area (Å²) in [4.78, 5) is 12.2. The van der Waals surface area contributed by atoms with Crippen LogP contribution in [0, 0.1) is 5.92 Å². The standard InChI is InChI=1S/C17H22O3/c1-2-19-17(18)14-9-6-10-15-16(14)13-8-5-3-4-7-12(13)11-20-15/h6,9-10,12-13H,2-5,7-8,11H2,1H3. The van der Waals surface area contributed by atoms with Crippen LogP contribution in [0.3, 0.4) is 0 Å². The Kier molecular flexibility index (Phi) is 3.95. The van der Waals surface area contributed by atoms with Crippen LogP contribution in [0.25, 0.3) is 0 Å². The number of esters is 1. The van der Waals surface area contributed by atoms with Gasteiger partial charge in [0, 0.05) is 11.5 Å². The van der Waals surface area contributed by atoms with Gasteiger partial charge in [-0.05, 0) is 37.8 Å². The maximum Gasteiger partial charge on any atom is 0.338 e. The smallest absolute Gasteiger partial charge is 0.338 e. The van der Waals surface area contributed by atoms with Crippen molar-refractivity contribution in [1.82, 2.24) is 0 Å². The Morgan fingerprint density at radius 1 is 1.30 bits per heavy atom. The number of benzene rings is 1. The van der Waals surface area contributed by atoms with Gasteiger partial charge in [0.1, 0.15) is 5.75 Å². The molecule has 0 saturated heterocycles. The maximum absolute atomic E-state index is 12.2. The second-order valence-corrected chi connectivity index (χ2v) is 5.75. The molecule has 1 fully saturated rings. The van der Waals surface area contributed by atoms with Gasteiger partial charge in [0.15, 0.2) is 0 Å². The molecule has 2 aliphatic rings. The van der Waals surface area contributed by atoms with Gasteiger partial charge in [-0.2, -0.15) is 0 Å². The predicted molar refractivity (Wildman–Crippen MR) is 77.2 cm³/mol. The van der Waals surface area contributed by atoms with Gasteiger partial charge in [-0.1, -0.05) is 25.3 Å². The highest BCUT2D eigenvalue weighted by atomic mass is 16.5. The third-order valence-corrected chi connectivity index (χ3v) is 4.54. The van der Waals surface area contributed by atoms with Crippen LogP contribution in [-0.4, -0.2) is 19.2 Å². The highest BCUT2D eigenvalue weighted by molar-refractivity contribution is 5.92. The number of fused-ring (bicyclic) bond motifs is 3. The Morgan fingerprint density at radius 2 is 2.15 bits per heavy atom. The van der Waals surface area contributed by atoms with E-state index in [1.807, 2.05) is 25.1 Å². The van der Waals surface area contributed by atoms with Gasteiger partial charge in [-0.25, -0.2) is 4.79 Å². The van der Waals surface area contributed by atoms with Gasteiger partial charge in [-0.15, -0.1) is 0 Å². The number of hydrogen-bond acceptors (Lipinski definition) is 3. The summed E-state index contributed by atoms with van der Waals surface area (Å²) >= 11 is 0. The van der Waals surface area contributed by atoms with E-state index in [0.29, 0.717) is 24.0 Å². The molecular weight excluding hydrogens is 252 g/mol. The number of carbonyl (C=O) groups is 1. The molecule has 0 amide bonds. The highest BCUT2D eigenvalue weighted by Gasteiger charge is 2.35. The Hall–Kier alpha value is -1.51. The van der Waals surface area contributed by atoms with Crippen LogP contribution in [0.4, 0.5) is 0 Å². The molecule has 3 rings (SSSR count). The molecule has 1 aliphatic carbocycles. The fraction of sp³-hybridized carbons (Fsp3) is 0.588. The van der Waals surface area contributed by atoms with Gasteiger partial charge < -0.3 is 9.47 Å². The van der Waals surface area contributed by atoms with Crippen molar-refractivity contribution in [2.45, 2.75) is 44.9 Å². The van der Waals surface area contributed by atoms with Crippen molar-refractivity contribution in [3.63, 3.8) is 0 Å². The largest absolute Gasteiger partial charge is 0.493 e. The molecule has 1 aromatic carbocycles. The van der Waals surface area contributed by atoms with Crippen molar-refractivity contribution in [2.24, 2.45) is 5.92 Å². The van der Waals surface area contributed by atoms with E-state index in [1.54, 1.807) is 0 Å². The molecule has 1 heterocycles. The average molecular weight is 274 g/mol. The van der Waals surface area contributed by atoms with E-state index < -0.39 is 0 Å². The fourth-order valence-corrected chi connectivity index (χ4v) is 3.60. The zero-order valence-corrected chi connectivity index (χ0v) is 12.1. The summed E-state index contributed by atoms with van der Waals surface area (Å²) in [5, 5.41) is 0. The van der Waals surface area contributed by atoms with Gasteiger partial charge in [0.05, 0.1) is 18.8 Å². The van der Waals surface area contributed by atoms with E-state index in [1.165, 1.54) is 25.7 Å². The maximum atomic E-state index is 12.2. The quantitative estimate of drug-likeness (QED) is 0.767. The van der Waals surface area contributed by atoms with E-state index in [4.69, 9.17) is 9.47 Å². The molecule has 0 spiro atoms. The number of hydrogen-bond donors (Lipinski definition) is 0. The van der Waals surface area contributed by atoms with Gasteiger partial charge in [-0.3, -0.25) is 0 Å². The van der Waals surface area contributed by atoms with E-state index in [9.17, 15) is 4.79 Å². The monoisotopic (exact) mass is 274 g/mol. The molecule has 0 N–H and O–H groups in total. The summed E-state index contributed by atoms with van der Waals surface area (Å²) in [6.07, 6.45) is 6.20. The Morgan fingerprint density at radius 3 is 3.00 bits per heavy atom. The van der Waals surface area contributed by atoms with Gasteiger partial charge >= 0.3 is 5.97 Å². The van der Waals surface area contributed by atoms with E-state index in [-0.39, 0.29) is 5.97 Å². The third-order valence-electron chi connectivity index (χ3n) is 4.54. The first-order valence-corrected chi connectivity index (χ1v) is 7.74. The lowest BCUT2D eigenvalue weighted by Gasteiger charge is -2.33. The van der Waals surface area contributed by atoms with Gasteiger partial charge in [0.25, 0.3) is 0 Å². The second kappa shape index (κ2) is 5.86. The molecule has 3 heteroatoms. The lowest BCUT2D eigenvalue weighted by molar-refractivity contribution is 0.0520. The van der Waals surface area contributed by atoms with Crippen LogP contribution in [0.5, 0.6) is 5.75 Å². The normalized spacial score (nSPS) is 24.9. The summed E-state index contributed by atoms with van der Waals surface area (Å²) in [5.74, 6) is 1.69. The number of carbonyl (C=O) groups excluding carboxylic acids is 1. The molecule has 3 nitrogen and oxygen atoms in total. The van der Waals surface area contributed by atoms with Crippen LogP contribution in [0.15, 0.2) is 18.2 Å². The van der Waals surface area contributed by atoms with Crippen molar-refractivity contribution < 1.29 is 14.3 Å². The van der Waals surface area contributed by atoms with Crippen LogP contribution >= 0.6 is 0 Å². The molecule has 2 atom stereocenters. The van der Waals surface area contributed by atoms with Crippen molar-refractivity contribution in [3.05, 3.63) is 29.3 Å². The first-order chi connectivity index (χ1) is 9.81. The summed E-state index contributed by atoms with van der Waals surface area (Å²) in [6, 6.07) is 5.76. The molecule has 1 aromatic rings. The summed E-state index contributed by atoms with van der Waals surface area (Å²) in [5.41, 5.74) is 1.81. The first-order valence-electron chi connectivity index (χ1n) is 7.74. The fourth-order valence-electron chi connectivity index (χ4n) is 3.60. The van der Waals surface area contributed by atoms with E-state index in [0.717, 1.165) is 24.3 Å². The molecule has 0 bridgehead atoms. The van der Waals surface area contributed by atoms with Gasteiger partial charge in [0.2, 0.25) is 0 Å². The van der Waals surface area contributed by atoms with Crippen LogP contribution in [0.1, 0.15) is 60.9 Å². The van der Waals surface area contributed by atoms with Crippen molar-refractivity contribution >= 4 is 5.97 Å². The third kappa shape index (κ3) is 2.41. The first kappa shape index (κ1) is 13.5. The van der Waals surface area contributed by atoms with Crippen molar-refractivity contribution in [3.8, 4) is 5.75 Å². The van der Waals surface area contributed by atoms with Crippen molar-refractivity contribution in [1.29, 1.82) is 0 Å². The lowest BCUT2D eigenvalue weighted by Crippen LogP contribution is -2.27. The molecular formula is C17H22O3. The van der Waals surface area contributed by atoms with E-state index >= 15 is 0 Å². The minimum absolute atomic E-state index is 0.210. The lowest BCUT2D eigenvalue weighted by atomic mass is 9.79. The Balaban J connectivity index is 2.01. The number of rotatable bonds is 2. The zero-order valence-electron chi connectivity index (χ0n) is 12.1. The minimum Gasteiger partial charge on any atom is -0.493 e. The Labute approximate surface area is 120 Å². The highest BCUT2D eigenvalue weighted by Crippen LogP contribution is 2.45. The van der Waals surface area contributed by atoms with Crippen molar-refractivity contribution in [2.75, 3.05) is 13.2 Å². The van der Waals surface area contributed by atoms with Crippen LogP contribution in [-0.2, 0) is 4.74 Å². The molecule has 0 aromatic heterocycles.